The molecule has 0 amide bonds. The minimum absolute atomic E-state index is 0.174. The largest absolute Gasteiger partial charge is 0.308 e. The molecular weight excluding hydrogens is 220 g/mol. The van der Waals surface area contributed by atoms with E-state index in [-0.39, 0.29) is 5.54 Å². The van der Waals surface area contributed by atoms with E-state index in [1.54, 1.807) is 0 Å². The van der Waals surface area contributed by atoms with E-state index >= 15 is 0 Å². The van der Waals surface area contributed by atoms with Crippen LogP contribution in [0, 0.1) is 0 Å². The van der Waals surface area contributed by atoms with E-state index in [0.29, 0.717) is 6.04 Å². The van der Waals surface area contributed by atoms with Gasteiger partial charge in [-0.15, -0.1) is 0 Å². The van der Waals surface area contributed by atoms with Crippen LogP contribution in [-0.4, -0.2) is 36.1 Å². The van der Waals surface area contributed by atoms with Crippen LogP contribution in [0.3, 0.4) is 0 Å². The second-order valence-electron chi connectivity index (χ2n) is 6.62. The predicted molar refractivity (Wildman–Crippen MR) is 83.1 cm³/mol. The average molecular weight is 254 g/mol. The summed E-state index contributed by atoms with van der Waals surface area (Å²) in [6, 6.07) is 0.605. The summed E-state index contributed by atoms with van der Waals surface area (Å²) in [7, 11) is 0. The van der Waals surface area contributed by atoms with Crippen LogP contribution in [0.25, 0.3) is 0 Å². The molecule has 0 saturated carbocycles. The van der Waals surface area contributed by atoms with Crippen LogP contribution in [-0.2, 0) is 0 Å². The topological polar surface area (TPSA) is 15.3 Å². The van der Waals surface area contributed by atoms with Gasteiger partial charge in [0.25, 0.3) is 0 Å². The Kier molecular flexibility index (Phi) is 8.54. The molecule has 108 valence electrons. The van der Waals surface area contributed by atoms with Crippen molar-refractivity contribution in [1.29, 1.82) is 0 Å². The fraction of sp³-hybridized carbons (Fsp3) is 0.875. The van der Waals surface area contributed by atoms with E-state index in [9.17, 15) is 0 Å². The summed E-state index contributed by atoms with van der Waals surface area (Å²) >= 11 is 0. The fourth-order valence-corrected chi connectivity index (χ4v) is 1.82. The molecule has 0 aromatic rings. The van der Waals surface area contributed by atoms with Gasteiger partial charge in [-0.1, -0.05) is 26.3 Å². The molecule has 0 aliphatic carbocycles. The van der Waals surface area contributed by atoms with Gasteiger partial charge in [-0.2, -0.15) is 0 Å². The van der Waals surface area contributed by atoms with Gasteiger partial charge in [0.05, 0.1) is 0 Å². The molecule has 0 saturated heterocycles. The Hall–Kier alpha value is -0.340. The lowest BCUT2D eigenvalue weighted by molar-refractivity contribution is 0.233. The summed E-state index contributed by atoms with van der Waals surface area (Å²) in [5.74, 6) is 0. The zero-order chi connectivity index (χ0) is 14.2. The van der Waals surface area contributed by atoms with Crippen LogP contribution in [0.5, 0.6) is 0 Å². The summed E-state index contributed by atoms with van der Waals surface area (Å²) in [6.45, 7) is 20.7. The van der Waals surface area contributed by atoms with Crippen molar-refractivity contribution in [2.45, 2.75) is 72.4 Å². The minimum atomic E-state index is 0.174. The van der Waals surface area contributed by atoms with Crippen molar-refractivity contribution in [2.24, 2.45) is 0 Å². The quantitative estimate of drug-likeness (QED) is 0.497. The highest BCUT2D eigenvalue weighted by Gasteiger charge is 2.13. The van der Waals surface area contributed by atoms with Gasteiger partial charge >= 0.3 is 0 Å². The highest BCUT2D eigenvalue weighted by molar-refractivity contribution is 5.01. The molecule has 18 heavy (non-hydrogen) atoms. The smallest absolute Gasteiger partial charge is 0.0205 e. The molecule has 0 aliphatic rings. The Morgan fingerprint density at radius 3 is 2.28 bits per heavy atom. The van der Waals surface area contributed by atoms with Crippen molar-refractivity contribution in [3.8, 4) is 0 Å². The Morgan fingerprint density at radius 2 is 1.83 bits per heavy atom. The van der Waals surface area contributed by atoms with Crippen molar-refractivity contribution in [3.63, 3.8) is 0 Å². The predicted octanol–water partition coefficient (Wildman–Crippen LogP) is 3.83. The summed E-state index contributed by atoms with van der Waals surface area (Å²) in [5.41, 5.74) is 1.46. The van der Waals surface area contributed by atoms with Gasteiger partial charge in [-0.25, -0.2) is 0 Å². The second-order valence-corrected chi connectivity index (χ2v) is 6.62. The summed E-state index contributed by atoms with van der Waals surface area (Å²) in [6.07, 6.45) is 3.92. The van der Waals surface area contributed by atoms with E-state index in [4.69, 9.17) is 0 Å². The van der Waals surface area contributed by atoms with Crippen LogP contribution < -0.4 is 5.32 Å². The van der Waals surface area contributed by atoms with Crippen LogP contribution in [0.4, 0.5) is 0 Å². The lowest BCUT2D eigenvalue weighted by atomic mass is 10.1. The molecule has 0 aromatic carbocycles. The first-order valence-corrected chi connectivity index (χ1v) is 7.42. The highest BCUT2D eigenvalue weighted by Crippen LogP contribution is 2.07. The van der Waals surface area contributed by atoms with E-state index in [2.05, 4.69) is 58.3 Å². The molecule has 1 N–H and O–H groups in total. The SMILES string of the molecule is C=C(CNC(C)(C)C)CN(CCCCC)C(C)C. The number of nitrogens with one attached hydrogen (secondary N) is 1. The molecule has 0 radical (unpaired) electrons. The maximum atomic E-state index is 4.20. The zero-order valence-corrected chi connectivity index (χ0v) is 13.5. The van der Waals surface area contributed by atoms with E-state index in [1.807, 2.05) is 0 Å². The van der Waals surface area contributed by atoms with E-state index in [1.165, 1.54) is 31.4 Å². The Bertz CT molecular complexity index is 226. The van der Waals surface area contributed by atoms with Gasteiger partial charge < -0.3 is 5.32 Å². The Labute approximate surface area is 115 Å². The normalized spacial score (nSPS) is 12.4. The van der Waals surface area contributed by atoms with Gasteiger partial charge in [0.1, 0.15) is 0 Å². The monoisotopic (exact) mass is 254 g/mol. The molecule has 0 aromatic heterocycles. The first-order valence-electron chi connectivity index (χ1n) is 7.42. The number of rotatable bonds is 9. The van der Waals surface area contributed by atoms with Gasteiger partial charge in [0, 0.05) is 24.7 Å². The van der Waals surface area contributed by atoms with Gasteiger partial charge in [-0.05, 0) is 53.2 Å². The van der Waals surface area contributed by atoms with Crippen molar-refractivity contribution in [1.82, 2.24) is 10.2 Å². The molecule has 2 heteroatoms. The minimum Gasteiger partial charge on any atom is -0.308 e. The maximum absolute atomic E-state index is 4.20. The van der Waals surface area contributed by atoms with Crippen molar-refractivity contribution in [3.05, 3.63) is 12.2 Å². The lowest BCUT2D eigenvalue weighted by Crippen LogP contribution is -2.40. The average Bonchev–Trinajstić information content (AvgIpc) is 2.24. The van der Waals surface area contributed by atoms with Crippen molar-refractivity contribution >= 4 is 0 Å². The summed E-state index contributed by atoms with van der Waals surface area (Å²) < 4.78 is 0. The first-order chi connectivity index (χ1) is 8.26. The second kappa shape index (κ2) is 8.71. The number of hydrogen-bond donors (Lipinski definition) is 1. The first kappa shape index (κ1) is 17.7. The number of hydrogen-bond acceptors (Lipinski definition) is 2. The molecule has 0 atom stereocenters. The maximum Gasteiger partial charge on any atom is 0.0205 e. The van der Waals surface area contributed by atoms with Gasteiger partial charge in [0.15, 0.2) is 0 Å². The van der Waals surface area contributed by atoms with Crippen LogP contribution in [0.15, 0.2) is 12.2 Å². The highest BCUT2D eigenvalue weighted by atomic mass is 15.1. The third-order valence-electron chi connectivity index (χ3n) is 3.07. The van der Waals surface area contributed by atoms with Crippen molar-refractivity contribution in [2.75, 3.05) is 19.6 Å². The molecule has 0 rings (SSSR count). The van der Waals surface area contributed by atoms with E-state index in [0.717, 1.165) is 13.1 Å². The number of nitrogens with zero attached hydrogens (tertiary/aromatic N) is 1. The summed E-state index contributed by atoms with van der Waals surface area (Å²) in [4.78, 5) is 2.53. The van der Waals surface area contributed by atoms with E-state index < -0.39 is 0 Å². The van der Waals surface area contributed by atoms with Crippen LogP contribution in [0.1, 0.15) is 60.8 Å². The third kappa shape index (κ3) is 9.67. The molecule has 0 heterocycles. The molecule has 0 aliphatic heterocycles. The van der Waals surface area contributed by atoms with Crippen molar-refractivity contribution < 1.29 is 0 Å². The van der Waals surface area contributed by atoms with Crippen LogP contribution >= 0.6 is 0 Å². The molecule has 0 spiro atoms. The zero-order valence-electron chi connectivity index (χ0n) is 13.5. The molecule has 2 nitrogen and oxygen atoms in total. The van der Waals surface area contributed by atoms with Gasteiger partial charge in [-0.3, -0.25) is 4.90 Å². The Balaban J connectivity index is 4.04. The molecule has 0 fully saturated rings. The fourth-order valence-electron chi connectivity index (χ4n) is 1.82. The molecule has 0 bridgehead atoms. The third-order valence-corrected chi connectivity index (χ3v) is 3.07. The van der Waals surface area contributed by atoms with Gasteiger partial charge in [0.2, 0.25) is 0 Å². The molecular formula is C16H34N2. The van der Waals surface area contributed by atoms with Crippen LogP contribution in [0.2, 0.25) is 0 Å². The molecule has 0 unspecified atom stereocenters. The lowest BCUT2D eigenvalue weighted by Gasteiger charge is -2.29. The summed E-state index contributed by atoms with van der Waals surface area (Å²) in [5, 5.41) is 3.51. The standard InChI is InChI=1S/C16H34N2/c1-8-9-10-11-18(14(2)3)13-15(4)12-17-16(5,6)7/h14,17H,4,8-13H2,1-3,5-7H3. The number of unbranched alkanes of at least 4 members (excludes halogenated alkanes) is 2. The Morgan fingerprint density at radius 1 is 1.22 bits per heavy atom.